The number of hydrogen-bond donors (Lipinski definition) is 1. The number of aliphatic hydroxyl groups is 1. The molecular weight excluding hydrogens is 182 g/mol. The summed E-state index contributed by atoms with van der Waals surface area (Å²) in [5, 5.41) is 18.1. The smallest absolute Gasteiger partial charge is 0.0992 e. The summed E-state index contributed by atoms with van der Waals surface area (Å²) < 4.78 is 0. The van der Waals surface area contributed by atoms with Crippen molar-refractivity contribution in [3.63, 3.8) is 0 Å². The summed E-state index contributed by atoms with van der Waals surface area (Å²) in [5.41, 5.74) is 1.51. The standard InChI is InChI=1S/C10H11NOS/c1-7(12)9-4-3-8(6-11)5-10(9)13-2/h3-5,7,12H,1-2H3/t7-/m0/s1. The Kier molecular flexibility index (Phi) is 3.35. The van der Waals surface area contributed by atoms with Crippen LogP contribution in [0.2, 0.25) is 0 Å². The van der Waals surface area contributed by atoms with Crippen LogP contribution in [0.15, 0.2) is 23.1 Å². The van der Waals surface area contributed by atoms with Gasteiger partial charge in [-0.25, -0.2) is 0 Å². The molecule has 0 saturated heterocycles. The Morgan fingerprint density at radius 3 is 2.69 bits per heavy atom. The molecule has 1 N–H and O–H groups in total. The molecule has 0 unspecified atom stereocenters. The van der Waals surface area contributed by atoms with Gasteiger partial charge in [-0.1, -0.05) is 6.07 Å². The molecule has 3 heteroatoms. The largest absolute Gasteiger partial charge is 0.389 e. The fourth-order valence-corrected chi connectivity index (χ4v) is 1.84. The third-order valence-corrected chi connectivity index (χ3v) is 2.61. The molecule has 1 atom stereocenters. The number of benzene rings is 1. The zero-order valence-electron chi connectivity index (χ0n) is 7.61. The van der Waals surface area contributed by atoms with Gasteiger partial charge in [0.1, 0.15) is 0 Å². The van der Waals surface area contributed by atoms with E-state index in [-0.39, 0.29) is 0 Å². The van der Waals surface area contributed by atoms with Crippen LogP contribution in [-0.2, 0) is 0 Å². The predicted molar refractivity (Wildman–Crippen MR) is 53.6 cm³/mol. The van der Waals surface area contributed by atoms with Crippen molar-refractivity contribution in [1.29, 1.82) is 5.26 Å². The van der Waals surface area contributed by atoms with E-state index in [2.05, 4.69) is 6.07 Å². The third kappa shape index (κ3) is 2.24. The number of nitriles is 1. The molecule has 0 heterocycles. The second kappa shape index (κ2) is 4.31. The van der Waals surface area contributed by atoms with Crippen molar-refractivity contribution in [2.45, 2.75) is 17.9 Å². The van der Waals surface area contributed by atoms with Crippen molar-refractivity contribution in [3.8, 4) is 6.07 Å². The summed E-state index contributed by atoms with van der Waals surface area (Å²) in [4.78, 5) is 0.967. The van der Waals surface area contributed by atoms with Crippen LogP contribution in [0, 0.1) is 11.3 Å². The summed E-state index contributed by atoms with van der Waals surface area (Å²) >= 11 is 1.54. The van der Waals surface area contributed by atoms with Crippen molar-refractivity contribution < 1.29 is 5.11 Å². The molecule has 0 aliphatic rings. The Labute approximate surface area is 82.2 Å². The van der Waals surface area contributed by atoms with Gasteiger partial charge in [0.2, 0.25) is 0 Å². The fourth-order valence-electron chi connectivity index (χ4n) is 1.13. The summed E-state index contributed by atoms with van der Waals surface area (Å²) in [6.45, 7) is 1.72. The zero-order valence-corrected chi connectivity index (χ0v) is 8.43. The third-order valence-electron chi connectivity index (χ3n) is 1.81. The Morgan fingerprint density at radius 1 is 1.54 bits per heavy atom. The minimum absolute atomic E-state index is 0.477. The molecule has 0 aliphatic heterocycles. The highest BCUT2D eigenvalue weighted by atomic mass is 32.2. The van der Waals surface area contributed by atoms with Crippen LogP contribution in [-0.4, -0.2) is 11.4 Å². The molecule has 68 valence electrons. The van der Waals surface area contributed by atoms with E-state index in [0.29, 0.717) is 5.56 Å². The lowest BCUT2D eigenvalue weighted by Gasteiger charge is -2.09. The van der Waals surface area contributed by atoms with E-state index in [9.17, 15) is 5.11 Å². The number of aliphatic hydroxyl groups excluding tert-OH is 1. The minimum atomic E-state index is -0.477. The first-order chi connectivity index (χ1) is 6.19. The maximum absolute atomic E-state index is 9.40. The first-order valence-corrected chi connectivity index (χ1v) is 5.17. The van der Waals surface area contributed by atoms with Gasteiger partial charge in [-0.15, -0.1) is 11.8 Å². The Hall–Kier alpha value is -0.980. The Bertz CT molecular complexity index is 341. The molecule has 2 nitrogen and oxygen atoms in total. The van der Waals surface area contributed by atoms with Crippen molar-refractivity contribution in [2.75, 3.05) is 6.26 Å². The molecule has 1 aromatic carbocycles. The van der Waals surface area contributed by atoms with Crippen molar-refractivity contribution in [3.05, 3.63) is 29.3 Å². The van der Waals surface area contributed by atoms with E-state index in [1.165, 1.54) is 0 Å². The molecule has 0 aliphatic carbocycles. The van der Waals surface area contributed by atoms with Gasteiger partial charge < -0.3 is 5.11 Å². The quantitative estimate of drug-likeness (QED) is 0.733. The van der Waals surface area contributed by atoms with Gasteiger partial charge >= 0.3 is 0 Å². The zero-order chi connectivity index (χ0) is 9.84. The molecule has 1 aromatic rings. The van der Waals surface area contributed by atoms with Gasteiger partial charge in [0.05, 0.1) is 17.7 Å². The van der Waals surface area contributed by atoms with E-state index >= 15 is 0 Å². The average Bonchev–Trinajstić information content (AvgIpc) is 2.16. The molecule has 0 bridgehead atoms. The highest BCUT2D eigenvalue weighted by molar-refractivity contribution is 7.98. The van der Waals surface area contributed by atoms with Gasteiger partial charge in [0, 0.05) is 4.90 Å². The van der Waals surface area contributed by atoms with E-state index < -0.39 is 6.10 Å². The van der Waals surface area contributed by atoms with Crippen LogP contribution in [0.3, 0.4) is 0 Å². The first kappa shape index (κ1) is 10.1. The lowest BCUT2D eigenvalue weighted by atomic mass is 10.1. The molecule has 0 saturated carbocycles. The molecule has 0 radical (unpaired) electrons. The van der Waals surface area contributed by atoms with Crippen LogP contribution in [0.25, 0.3) is 0 Å². The maximum Gasteiger partial charge on any atom is 0.0992 e. The lowest BCUT2D eigenvalue weighted by Crippen LogP contribution is -1.94. The van der Waals surface area contributed by atoms with Crippen LogP contribution in [0.5, 0.6) is 0 Å². The highest BCUT2D eigenvalue weighted by Crippen LogP contribution is 2.26. The highest BCUT2D eigenvalue weighted by Gasteiger charge is 2.07. The van der Waals surface area contributed by atoms with E-state index in [4.69, 9.17) is 5.26 Å². The molecule has 0 fully saturated rings. The molecule has 13 heavy (non-hydrogen) atoms. The second-order valence-electron chi connectivity index (χ2n) is 2.74. The first-order valence-electron chi connectivity index (χ1n) is 3.95. The molecule has 0 spiro atoms. The van der Waals surface area contributed by atoms with Gasteiger partial charge in [0.15, 0.2) is 0 Å². The number of hydrogen-bond acceptors (Lipinski definition) is 3. The molecule has 1 rings (SSSR count). The SMILES string of the molecule is CSc1cc(C#N)ccc1[C@H](C)O. The van der Waals surface area contributed by atoms with E-state index in [1.807, 2.05) is 6.26 Å². The summed E-state index contributed by atoms with van der Waals surface area (Å²) in [7, 11) is 0. The normalized spacial score (nSPS) is 12.2. The van der Waals surface area contributed by atoms with Crippen LogP contribution in [0.1, 0.15) is 24.2 Å². The number of rotatable bonds is 2. The van der Waals surface area contributed by atoms with Crippen LogP contribution < -0.4 is 0 Å². The van der Waals surface area contributed by atoms with Gasteiger partial charge in [-0.2, -0.15) is 5.26 Å². The van der Waals surface area contributed by atoms with Gasteiger partial charge in [0.25, 0.3) is 0 Å². The molecular formula is C10H11NOS. The number of nitrogens with zero attached hydrogens (tertiary/aromatic N) is 1. The minimum Gasteiger partial charge on any atom is -0.389 e. The average molecular weight is 193 g/mol. The van der Waals surface area contributed by atoms with E-state index in [0.717, 1.165) is 10.5 Å². The predicted octanol–water partition coefficient (Wildman–Crippen LogP) is 2.33. The Morgan fingerprint density at radius 2 is 2.23 bits per heavy atom. The summed E-state index contributed by atoms with van der Waals surface area (Å²) in [5.74, 6) is 0. The summed E-state index contributed by atoms with van der Waals surface area (Å²) in [6, 6.07) is 7.40. The molecule has 0 amide bonds. The van der Waals surface area contributed by atoms with Crippen molar-refractivity contribution in [1.82, 2.24) is 0 Å². The summed E-state index contributed by atoms with van der Waals surface area (Å²) in [6.07, 6.45) is 1.46. The topological polar surface area (TPSA) is 44.0 Å². The second-order valence-corrected chi connectivity index (χ2v) is 3.59. The lowest BCUT2D eigenvalue weighted by molar-refractivity contribution is 0.196. The Balaban J connectivity index is 3.17. The van der Waals surface area contributed by atoms with Crippen molar-refractivity contribution >= 4 is 11.8 Å². The van der Waals surface area contributed by atoms with Crippen LogP contribution in [0.4, 0.5) is 0 Å². The van der Waals surface area contributed by atoms with Gasteiger partial charge in [-0.3, -0.25) is 0 Å². The monoisotopic (exact) mass is 193 g/mol. The maximum atomic E-state index is 9.40. The van der Waals surface area contributed by atoms with Crippen molar-refractivity contribution in [2.24, 2.45) is 0 Å². The molecule has 0 aromatic heterocycles. The fraction of sp³-hybridized carbons (Fsp3) is 0.300. The van der Waals surface area contributed by atoms with Crippen LogP contribution >= 0.6 is 11.8 Å². The van der Waals surface area contributed by atoms with E-state index in [1.54, 1.807) is 36.9 Å². The number of thioether (sulfide) groups is 1. The van der Waals surface area contributed by atoms with Gasteiger partial charge in [-0.05, 0) is 30.9 Å².